The zero-order chi connectivity index (χ0) is 23.1. The molecule has 8 heteroatoms. The molecule has 1 saturated carbocycles. The van der Waals surface area contributed by atoms with Crippen LogP contribution in [0.2, 0.25) is 0 Å². The van der Waals surface area contributed by atoms with E-state index in [0.717, 1.165) is 21.6 Å². The van der Waals surface area contributed by atoms with Crippen LogP contribution in [0.5, 0.6) is 5.75 Å². The summed E-state index contributed by atoms with van der Waals surface area (Å²) >= 11 is 1.28. The van der Waals surface area contributed by atoms with Gasteiger partial charge in [0.15, 0.2) is 5.60 Å². The van der Waals surface area contributed by atoms with Crippen molar-refractivity contribution in [1.29, 1.82) is 0 Å². The molecule has 0 spiro atoms. The first-order valence-corrected chi connectivity index (χ1v) is 11.1. The van der Waals surface area contributed by atoms with Gasteiger partial charge in [-0.2, -0.15) is 13.2 Å². The third-order valence-electron chi connectivity index (χ3n) is 6.13. The van der Waals surface area contributed by atoms with Gasteiger partial charge in [0.05, 0.1) is 17.7 Å². The number of aryl methyl sites for hydroxylation is 1. The lowest BCUT2D eigenvalue weighted by molar-refractivity contribution is -0.279. The quantitative estimate of drug-likeness (QED) is 0.449. The molecule has 178 valence electrons. The van der Waals surface area contributed by atoms with Crippen LogP contribution < -0.4 is 4.74 Å². The summed E-state index contributed by atoms with van der Waals surface area (Å²) in [6.07, 6.45) is -6.29. The van der Waals surface area contributed by atoms with Gasteiger partial charge in [0.2, 0.25) is 0 Å². The number of alkyl halides is 3. The standard InChI is InChI=1S/C24H24F3NO3S.CH4/c1-15-3-5-17(6-4-15)20-19(16-7-9-18(31-2)10-8-16)28-21(32-20)22(29)11-13-23(30,14-12-22)24(25,26)27;/h3-10,29-30H,11-14H2,1-2H3;1H4. The van der Waals surface area contributed by atoms with Gasteiger partial charge in [-0.25, -0.2) is 4.98 Å². The summed E-state index contributed by atoms with van der Waals surface area (Å²) in [4.78, 5) is 5.53. The Hall–Kier alpha value is -2.42. The number of thiazole rings is 1. The first kappa shape index (κ1) is 25.2. The molecular weight excluding hydrogens is 451 g/mol. The Morgan fingerprint density at radius 1 is 0.909 bits per heavy atom. The lowest BCUT2D eigenvalue weighted by atomic mass is 9.76. The van der Waals surface area contributed by atoms with E-state index in [1.807, 2.05) is 55.5 Å². The van der Waals surface area contributed by atoms with E-state index in [-0.39, 0.29) is 20.3 Å². The minimum atomic E-state index is -4.72. The molecule has 0 saturated heterocycles. The molecule has 2 N–H and O–H groups in total. The van der Waals surface area contributed by atoms with E-state index in [2.05, 4.69) is 0 Å². The van der Waals surface area contributed by atoms with Crippen LogP contribution in [-0.4, -0.2) is 34.1 Å². The monoisotopic (exact) mass is 479 g/mol. The Balaban J connectivity index is 0.00000306. The Kier molecular flexibility index (Phi) is 6.94. The normalized spacial score (nSPS) is 23.1. The Bertz CT molecular complexity index is 1080. The number of hydrogen-bond donors (Lipinski definition) is 2. The number of hydrogen-bond acceptors (Lipinski definition) is 5. The number of nitrogens with zero attached hydrogens (tertiary/aromatic N) is 1. The molecule has 0 unspecified atom stereocenters. The topological polar surface area (TPSA) is 62.6 Å². The number of methoxy groups -OCH3 is 1. The fourth-order valence-corrected chi connectivity index (χ4v) is 5.18. The van der Waals surface area contributed by atoms with E-state index in [0.29, 0.717) is 16.5 Å². The molecule has 33 heavy (non-hydrogen) atoms. The molecule has 4 nitrogen and oxygen atoms in total. The smallest absolute Gasteiger partial charge is 0.417 e. The molecular formula is C25H28F3NO3S. The Morgan fingerprint density at radius 2 is 1.45 bits per heavy atom. The van der Waals surface area contributed by atoms with Crippen molar-refractivity contribution in [1.82, 2.24) is 4.98 Å². The number of aliphatic hydroxyl groups is 2. The zero-order valence-corrected chi connectivity index (χ0v) is 18.6. The van der Waals surface area contributed by atoms with Gasteiger partial charge in [-0.3, -0.25) is 0 Å². The van der Waals surface area contributed by atoms with Crippen molar-refractivity contribution in [3.63, 3.8) is 0 Å². The van der Waals surface area contributed by atoms with Crippen LogP contribution in [0.25, 0.3) is 21.7 Å². The Morgan fingerprint density at radius 3 is 1.97 bits per heavy atom. The molecule has 1 aliphatic carbocycles. The molecule has 0 aliphatic heterocycles. The average molecular weight is 480 g/mol. The molecule has 1 aliphatic rings. The molecule has 1 aromatic heterocycles. The van der Waals surface area contributed by atoms with E-state index < -0.39 is 30.2 Å². The van der Waals surface area contributed by atoms with Crippen molar-refractivity contribution >= 4 is 11.3 Å². The van der Waals surface area contributed by atoms with Crippen LogP contribution in [0.4, 0.5) is 13.2 Å². The van der Waals surface area contributed by atoms with Crippen molar-refractivity contribution < 1.29 is 28.1 Å². The predicted octanol–water partition coefficient (Wildman–Crippen LogP) is 6.49. The van der Waals surface area contributed by atoms with Gasteiger partial charge < -0.3 is 14.9 Å². The zero-order valence-electron chi connectivity index (χ0n) is 17.7. The van der Waals surface area contributed by atoms with Gasteiger partial charge in [-0.1, -0.05) is 37.3 Å². The third kappa shape index (κ3) is 4.78. The summed E-state index contributed by atoms with van der Waals surface area (Å²) in [6, 6.07) is 15.2. The minimum Gasteiger partial charge on any atom is -0.497 e. The van der Waals surface area contributed by atoms with Crippen LogP contribution in [0.15, 0.2) is 48.5 Å². The second-order valence-electron chi connectivity index (χ2n) is 8.35. The van der Waals surface area contributed by atoms with Crippen molar-refractivity contribution in [2.24, 2.45) is 0 Å². The maximum atomic E-state index is 13.2. The Labute approximate surface area is 195 Å². The van der Waals surface area contributed by atoms with E-state index in [4.69, 9.17) is 9.72 Å². The SMILES string of the molecule is C.COc1ccc(-c2nc(C3(O)CCC(O)(C(F)(F)F)CC3)sc2-c2ccc(C)cc2)cc1. The summed E-state index contributed by atoms with van der Waals surface area (Å²) in [7, 11) is 1.58. The van der Waals surface area contributed by atoms with Crippen LogP contribution in [0.3, 0.4) is 0 Å². The van der Waals surface area contributed by atoms with Gasteiger partial charge in [-0.15, -0.1) is 11.3 Å². The second kappa shape index (κ2) is 9.08. The third-order valence-corrected chi connectivity index (χ3v) is 7.43. The molecule has 1 heterocycles. The summed E-state index contributed by atoms with van der Waals surface area (Å²) in [6.45, 7) is 1.98. The van der Waals surface area contributed by atoms with E-state index >= 15 is 0 Å². The van der Waals surface area contributed by atoms with Crippen LogP contribution in [0, 0.1) is 6.92 Å². The van der Waals surface area contributed by atoms with Gasteiger partial charge in [-0.05, 0) is 62.4 Å². The molecule has 3 aromatic rings. The minimum absolute atomic E-state index is 0. The number of benzene rings is 2. The maximum Gasteiger partial charge on any atom is 0.417 e. The molecule has 0 amide bonds. The van der Waals surface area contributed by atoms with Crippen LogP contribution >= 0.6 is 11.3 Å². The van der Waals surface area contributed by atoms with Gasteiger partial charge >= 0.3 is 6.18 Å². The summed E-state index contributed by atoms with van der Waals surface area (Å²) in [5, 5.41) is 21.6. The van der Waals surface area contributed by atoms with Crippen LogP contribution in [0.1, 0.15) is 43.7 Å². The fourth-order valence-electron chi connectivity index (χ4n) is 3.94. The van der Waals surface area contributed by atoms with Gasteiger partial charge in [0.25, 0.3) is 0 Å². The first-order valence-electron chi connectivity index (χ1n) is 10.3. The summed E-state index contributed by atoms with van der Waals surface area (Å²) < 4.78 is 44.9. The highest BCUT2D eigenvalue weighted by Crippen LogP contribution is 2.50. The molecule has 2 aromatic carbocycles. The highest BCUT2D eigenvalue weighted by Gasteiger charge is 2.57. The van der Waals surface area contributed by atoms with E-state index in [1.165, 1.54) is 11.3 Å². The lowest BCUT2D eigenvalue weighted by Gasteiger charge is -2.40. The van der Waals surface area contributed by atoms with Gasteiger partial charge in [0, 0.05) is 5.56 Å². The highest BCUT2D eigenvalue weighted by molar-refractivity contribution is 7.15. The largest absolute Gasteiger partial charge is 0.497 e. The number of halogens is 3. The lowest BCUT2D eigenvalue weighted by Crippen LogP contribution is -2.50. The molecule has 0 bridgehead atoms. The number of rotatable bonds is 4. The van der Waals surface area contributed by atoms with E-state index in [1.54, 1.807) is 7.11 Å². The van der Waals surface area contributed by atoms with Gasteiger partial charge in [0.1, 0.15) is 16.4 Å². The molecule has 0 radical (unpaired) electrons. The molecule has 0 atom stereocenters. The summed E-state index contributed by atoms with van der Waals surface area (Å²) in [5.41, 5.74) is -0.809. The molecule has 1 fully saturated rings. The summed E-state index contributed by atoms with van der Waals surface area (Å²) in [5.74, 6) is 0.693. The first-order chi connectivity index (χ1) is 15.0. The van der Waals surface area contributed by atoms with Crippen LogP contribution in [-0.2, 0) is 5.60 Å². The average Bonchev–Trinajstić information content (AvgIpc) is 3.22. The highest BCUT2D eigenvalue weighted by atomic mass is 32.1. The number of ether oxygens (including phenoxy) is 1. The number of aromatic nitrogens is 1. The van der Waals surface area contributed by atoms with Crippen molar-refractivity contribution in [3.05, 3.63) is 59.1 Å². The van der Waals surface area contributed by atoms with E-state index in [9.17, 15) is 23.4 Å². The van der Waals surface area contributed by atoms with Crippen molar-refractivity contribution in [2.75, 3.05) is 7.11 Å². The van der Waals surface area contributed by atoms with Crippen molar-refractivity contribution in [2.45, 2.75) is 57.4 Å². The molecule has 4 rings (SSSR count). The predicted molar refractivity (Wildman–Crippen MR) is 124 cm³/mol. The second-order valence-corrected chi connectivity index (χ2v) is 9.35. The maximum absolute atomic E-state index is 13.2. The fraction of sp³-hybridized carbons (Fsp3) is 0.400. The van der Waals surface area contributed by atoms with Crippen molar-refractivity contribution in [3.8, 4) is 27.4 Å².